The van der Waals surface area contributed by atoms with E-state index in [0.29, 0.717) is 10.9 Å². The lowest BCUT2D eigenvalue weighted by Gasteiger charge is -2.04. The molecule has 9 heteroatoms. The summed E-state index contributed by atoms with van der Waals surface area (Å²) in [5, 5.41) is 7.18. The summed E-state index contributed by atoms with van der Waals surface area (Å²) in [6.45, 7) is 0. The minimum atomic E-state index is -3.74. The molecule has 0 radical (unpaired) electrons. The molecule has 0 unspecified atom stereocenters. The van der Waals surface area contributed by atoms with Crippen molar-refractivity contribution in [1.29, 1.82) is 0 Å². The average Bonchev–Trinajstić information content (AvgIpc) is 2.69. The fourth-order valence-electron chi connectivity index (χ4n) is 1.50. The number of nitrogens with one attached hydrogen (secondary N) is 2. The summed E-state index contributed by atoms with van der Waals surface area (Å²) in [6, 6.07) is 7.03. The zero-order valence-electron chi connectivity index (χ0n) is 10.1. The molecule has 0 saturated heterocycles. The number of anilines is 1. The van der Waals surface area contributed by atoms with E-state index in [1.165, 1.54) is 0 Å². The molecule has 0 bridgehead atoms. The van der Waals surface area contributed by atoms with E-state index < -0.39 is 31.4 Å². The number of aromatic amines is 1. The number of fused-ring (bicyclic) bond motifs is 1. The van der Waals surface area contributed by atoms with Gasteiger partial charge in [-0.1, -0.05) is 12.1 Å². The van der Waals surface area contributed by atoms with Crippen LogP contribution in [0.1, 0.15) is 0 Å². The number of rotatable bonds is 5. The largest absolute Gasteiger partial charge is 0.276 e. The maximum Gasteiger partial charge on any atom is 0.234 e. The number of hydrogen-bond acceptors (Lipinski definition) is 5. The smallest absolute Gasteiger partial charge is 0.234 e. The van der Waals surface area contributed by atoms with Gasteiger partial charge in [-0.25, -0.2) is 16.8 Å². The Labute approximate surface area is 111 Å². The quantitative estimate of drug-likeness (QED) is 0.828. The van der Waals surface area contributed by atoms with Crippen LogP contribution in [0.3, 0.4) is 0 Å². The van der Waals surface area contributed by atoms with Gasteiger partial charge in [0.25, 0.3) is 0 Å². The summed E-state index contributed by atoms with van der Waals surface area (Å²) < 4.78 is 47.8. The van der Waals surface area contributed by atoms with Crippen molar-refractivity contribution in [3.63, 3.8) is 0 Å². The van der Waals surface area contributed by atoms with E-state index in [2.05, 4.69) is 14.9 Å². The lowest BCUT2D eigenvalue weighted by atomic mass is 10.2. The summed E-state index contributed by atoms with van der Waals surface area (Å²) in [6.07, 6.45) is 0.993. The van der Waals surface area contributed by atoms with Crippen LogP contribution in [0.5, 0.6) is 0 Å². The van der Waals surface area contributed by atoms with Crippen molar-refractivity contribution in [3.8, 4) is 0 Å². The summed E-state index contributed by atoms with van der Waals surface area (Å²) in [5.74, 6) is -0.748. The van der Waals surface area contributed by atoms with Gasteiger partial charge in [-0.2, -0.15) is 5.10 Å². The number of aromatic nitrogens is 2. The van der Waals surface area contributed by atoms with Gasteiger partial charge in [-0.05, 0) is 12.1 Å². The normalized spacial score (nSPS) is 12.7. The number of sulfonamides is 1. The molecule has 0 amide bonds. The van der Waals surface area contributed by atoms with Crippen molar-refractivity contribution >= 4 is 36.6 Å². The van der Waals surface area contributed by atoms with Crippen LogP contribution in [0.25, 0.3) is 10.9 Å². The minimum absolute atomic E-state index is 0.170. The Hall–Kier alpha value is -1.61. The molecule has 0 fully saturated rings. The van der Waals surface area contributed by atoms with Gasteiger partial charge in [-0.15, -0.1) is 0 Å². The van der Waals surface area contributed by atoms with E-state index in [1.807, 2.05) is 0 Å². The molecule has 104 valence electrons. The first-order chi connectivity index (χ1) is 8.77. The van der Waals surface area contributed by atoms with E-state index in [9.17, 15) is 16.8 Å². The SMILES string of the molecule is CS(=O)(=O)CCS(=O)(=O)Nc1n[nH]c2ccccc12. The zero-order chi connectivity index (χ0) is 14.1. The Kier molecular flexibility index (Phi) is 3.50. The molecular weight excluding hydrogens is 290 g/mol. The number of hydrogen-bond donors (Lipinski definition) is 2. The molecule has 0 spiro atoms. The Morgan fingerprint density at radius 1 is 1.16 bits per heavy atom. The van der Waals surface area contributed by atoms with Crippen molar-refractivity contribution in [2.24, 2.45) is 0 Å². The van der Waals surface area contributed by atoms with Gasteiger partial charge >= 0.3 is 0 Å². The van der Waals surface area contributed by atoms with Gasteiger partial charge in [0.05, 0.1) is 17.0 Å². The molecule has 0 saturated carbocycles. The molecule has 0 aliphatic carbocycles. The van der Waals surface area contributed by atoms with Crippen LogP contribution in [0.4, 0.5) is 5.82 Å². The standard InChI is InChI=1S/C10H13N3O4S2/c1-18(14,15)6-7-19(16,17)13-10-8-4-2-3-5-9(8)11-12-10/h2-5H,6-7H2,1H3,(H2,11,12,13). The lowest BCUT2D eigenvalue weighted by molar-refractivity contribution is 0.593. The molecule has 0 atom stereocenters. The molecule has 1 aromatic heterocycles. The molecule has 1 aromatic carbocycles. The summed E-state index contributed by atoms with van der Waals surface area (Å²) >= 11 is 0. The van der Waals surface area contributed by atoms with Gasteiger partial charge < -0.3 is 0 Å². The van der Waals surface area contributed by atoms with Gasteiger partial charge in [0.15, 0.2) is 5.82 Å². The third kappa shape index (κ3) is 3.67. The predicted octanol–water partition coefficient (Wildman–Crippen LogP) is 0.349. The van der Waals surface area contributed by atoms with Crippen LogP contribution >= 0.6 is 0 Å². The van der Waals surface area contributed by atoms with E-state index in [0.717, 1.165) is 6.26 Å². The van der Waals surface area contributed by atoms with Crippen molar-refractivity contribution < 1.29 is 16.8 Å². The maximum atomic E-state index is 11.8. The topological polar surface area (TPSA) is 109 Å². The van der Waals surface area contributed by atoms with Crippen molar-refractivity contribution in [1.82, 2.24) is 10.2 Å². The second-order valence-corrected chi connectivity index (χ2v) is 8.27. The van der Waals surface area contributed by atoms with E-state index in [-0.39, 0.29) is 5.82 Å². The molecule has 1 heterocycles. The highest BCUT2D eigenvalue weighted by Gasteiger charge is 2.17. The monoisotopic (exact) mass is 303 g/mol. The fraction of sp³-hybridized carbons (Fsp3) is 0.300. The molecule has 0 aliphatic heterocycles. The first-order valence-corrected chi connectivity index (χ1v) is 9.09. The highest BCUT2D eigenvalue weighted by atomic mass is 32.2. The van der Waals surface area contributed by atoms with Crippen LogP contribution in [0, 0.1) is 0 Å². The van der Waals surface area contributed by atoms with Crippen molar-refractivity contribution in [2.75, 3.05) is 22.5 Å². The van der Waals surface area contributed by atoms with Crippen LogP contribution in [-0.2, 0) is 19.9 Å². The summed E-state index contributed by atoms with van der Waals surface area (Å²) in [7, 11) is -7.07. The summed E-state index contributed by atoms with van der Waals surface area (Å²) in [4.78, 5) is 0. The summed E-state index contributed by atoms with van der Waals surface area (Å²) in [5.41, 5.74) is 0.698. The van der Waals surface area contributed by atoms with Crippen LogP contribution in [0.15, 0.2) is 24.3 Å². The molecule has 2 N–H and O–H groups in total. The Morgan fingerprint density at radius 2 is 1.84 bits per heavy atom. The van der Waals surface area contributed by atoms with Crippen molar-refractivity contribution in [3.05, 3.63) is 24.3 Å². The van der Waals surface area contributed by atoms with E-state index in [4.69, 9.17) is 0 Å². The van der Waals surface area contributed by atoms with Crippen LogP contribution < -0.4 is 4.72 Å². The van der Waals surface area contributed by atoms with Gasteiger partial charge in [0.1, 0.15) is 9.84 Å². The third-order valence-electron chi connectivity index (χ3n) is 2.45. The fourth-order valence-corrected chi connectivity index (χ4v) is 4.14. The van der Waals surface area contributed by atoms with Gasteiger partial charge in [0, 0.05) is 11.6 Å². The number of benzene rings is 1. The number of H-pyrrole nitrogens is 1. The predicted molar refractivity (Wildman–Crippen MR) is 73.2 cm³/mol. The molecule has 2 rings (SSSR count). The van der Waals surface area contributed by atoms with Crippen LogP contribution in [0.2, 0.25) is 0 Å². The number of nitrogens with zero attached hydrogens (tertiary/aromatic N) is 1. The first-order valence-electron chi connectivity index (χ1n) is 5.38. The average molecular weight is 303 g/mol. The maximum absolute atomic E-state index is 11.8. The highest BCUT2D eigenvalue weighted by Crippen LogP contribution is 2.20. The van der Waals surface area contributed by atoms with Crippen molar-refractivity contribution in [2.45, 2.75) is 0 Å². The van der Waals surface area contributed by atoms with Crippen LogP contribution in [-0.4, -0.2) is 44.8 Å². The van der Waals surface area contributed by atoms with E-state index in [1.54, 1.807) is 24.3 Å². The molecular formula is C10H13N3O4S2. The number of para-hydroxylation sites is 1. The third-order valence-corrected chi connectivity index (χ3v) is 4.90. The molecule has 19 heavy (non-hydrogen) atoms. The molecule has 0 aliphatic rings. The molecule has 7 nitrogen and oxygen atoms in total. The lowest BCUT2D eigenvalue weighted by Crippen LogP contribution is -2.22. The second kappa shape index (κ2) is 4.82. The Balaban J connectivity index is 2.21. The second-order valence-electron chi connectivity index (χ2n) is 4.17. The van der Waals surface area contributed by atoms with Gasteiger partial charge in [-0.3, -0.25) is 9.82 Å². The zero-order valence-corrected chi connectivity index (χ0v) is 11.8. The minimum Gasteiger partial charge on any atom is -0.276 e. The Morgan fingerprint density at radius 3 is 2.53 bits per heavy atom. The number of sulfone groups is 1. The highest BCUT2D eigenvalue weighted by molar-refractivity contribution is 7.95. The first kappa shape index (κ1) is 13.8. The molecule has 2 aromatic rings. The van der Waals surface area contributed by atoms with Gasteiger partial charge in [0.2, 0.25) is 10.0 Å². The Bertz CT molecular complexity index is 793. The van der Waals surface area contributed by atoms with E-state index >= 15 is 0 Å².